The van der Waals surface area contributed by atoms with Crippen molar-refractivity contribution < 1.29 is 9.32 Å². The van der Waals surface area contributed by atoms with Gasteiger partial charge in [-0.2, -0.15) is 4.98 Å². The first-order valence-electron chi connectivity index (χ1n) is 9.53. The van der Waals surface area contributed by atoms with Crippen LogP contribution < -0.4 is 0 Å². The van der Waals surface area contributed by atoms with E-state index in [0.29, 0.717) is 37.0 Å². The van der Waals surface area contributed by atoms with Crippen molar-refractivity contribution in [3.8, 4) is 11.6 Å². The summed E-state index contributed by atoms with van der Waals surface area (Å²) < 4.78 is 6.65. The Bertz CT molecular complexity index is 1170. The molecule has 0 saturated carbocycles. The molecule has 0 N–H and O–H groups in total. The van der Waals surface area contributed by atoms with E-state index in [1.165, 1.54) is 15.6 Å². The number of benzene rings is 1. The van der Waals surface area contributed by atoms with Gasteiger partial charge in [0.05, 0.1) is 12.3 Å². The topological polar surface area (TPSA) is 85.0 Å². The van der Waals surface area contributed by atoms with Crippen LogP contribution in [0.5, 0.6) is 0 Å². The monoisotopic (exact) mass is 405 g/mol. The highest BCUT2D eigenvalue weighted by atomic mass is 32.1. The first-order valence-corrected chi connectivity index (χ1v) is 10.4. The molecule has 1 saturated heterocycles. The van der Waals surface area contributed by atoms with E-state index in [4.69, 9.17) is 4.52 Å². The smallest absolute Gasteiger partial charge is 0.240 e. The van der Waals surface area contributed by atoms with E-state index in [1.54, 1.807) is 29.8 Å². The van der Waals surface area contributed by atoms with Crippen LogP contribution in [0.4, 0.5) is 0 Å². The molecule has 1 atom stereocenters. The molecule has 3 aromatic heterocycles. The number of carbonyl (C=O) groups excluding carboxylic acids is 1. The lowest BCUT2D eigenvalue weighted by molar-refractivity contribution is -0.129. The summed E-state index contributed by atoms with van der Waals surface area (Å²) in [6, 6.07) is 8.13. The molecule has 1 fully saturated rings. The van der Waals surface area contributed by atoms with Crippen LogP contribution in [0.3, 0.4) is 0 Å². The Kier molecular flexibility index (Phi) is 4.55. The van der Waals surface area contributed by atoms with Crippen molar-refractivity contribution in [3.05, 3.63) is 59.1 Å². The number of rotatable bonds is 4. The van der Waals surface area contributed by atoms with E-state index >= 15 is 0 Å². The maximum absolute atomic E-state index is 12.9. The number of nitrogens with zero attached hydrogens (tertiary/aromatic N) is 5. The molecule has 4 aromatic rings. The molecular weight excluding hydrogens is 386 g/mol. The predicted octanol–water partition coefficient (Wildman–Crippen LogP) is 3.61. The number of hydrogen-bond acceptors (Lipinski definition) is 7. The van der Waals surface area contributed by atoms with E-state index in [1.807, 2.05) is 4.90 Å². The SMILES string of the molecule is Cc1ccc2scc(CC(=O)N3CC[C@@H](c4nc(-c5ncccn5)no4)C3)c2c1. The number of likely N-dealkylation sites (tertiary alicyclic amines) is 1. The molecule has 0 bridgehead atoms. The third kappa shape index (κ3) is 3.51. The molecule has 29 heavy (non-hydrogen) atoms. The first-order chi connectivity index (χ1) is 14.2. The Morgan fingerprint density at radius 2 is 2.14 bits per heavy atom. The molecule has 1 aliphatic rings. The number of aromatic nitrogens is 4. The molecule has 0 unspecified atom stereocenters. The normalized spacial score (nSPS) is 16.6. The average molecular weight is 405 g/mol. The van der Waals surface area contributed by atoms with E-state index in [-0.39, 0.29) is 11.8 Å². The summed E-state index contributed by atoms with van der Waals surface area (Å²) in [5.74, 6) is 1.54. The van der Waals surface area contributed by atoms with Gasteiger partial charge in [0, 0.05) is 30.2 Å². The molecule has 7 nitrogen and oxygen atoms in total. The van der Waals surface area contributed by atoms with Gasteiger partial charge in [-0.25, -0.2) is 9.97 Å². The maximum atomic E-state index is 12.9. The number of fused-ring (bicyclic) bond motifs is 1. The van der Waals surface area contributed by atoms with Crippen molar-refractivity contribution in [2.75, 3.05) is 13.1 Å². The molecule has 146 valence electrons. The first kappa shape index (κ1) is 17.9. The molecule has 0 aliphatic carbocycles. The maximum Gasteiger partial charge on any atom is 0.240 e. The van der Waals surface area contributed by atoms with E-state index in [2.05, 4.69) is 50.6 Å². The molecular formula is C21H19N5O2S. The van der Waals surface area contributed by atoms with Gasteiger partial charge in [0.15, 0.2) is 0 Å². The molecule has 1 aromatic carbocycles. The minimum Gasteiger partial charge on any atom is -0.342 e. The summed E-state index contributed by atoms with van der Waals surface area (Å²) in [4.78, 5) is 27.5. The lowest BCUT2D eigenvalue weighted by Gasteiger charge is -2.15. The van der Waals surface area contributed by atoms with Crippen LogP contribution in [0.15, 0.2) is 46.6 Å². The van der Waals surface area contributed by atoms with Gasteiger partial charge >= 0.3 is 0 Å². The third-order valence-electron chi connectivity index (χ3n) is 5.25. The Morgan fingerprint density at radius 1 is 1.28 bits per heavy atom. The van der Waals surface area contributed by atoms with Crippen LogP contribution in [-0.2, 0) is 11.2 Å². The summed E-state index contributed by atoms with van der Waals surface area (Å²) in [5.41, 5.74) is 2.31. The summed E-state index contributed by atoms with van der Waals surface area (Å²) in [7, 11) is 0. The fourth-order valence-corrected chi connectivity index (χ4v) is 4.65. The van der Waals surface area contributed by atoms with Crippen LogP contribution in [0.25, 0.3) is 21.7 Å². The zero-order valence-electron chi connectivity index (χ0n) is 15.9. The zero-order chi connectivity index (χ0) is 19.8. The minimum atomic E-state index is 0.0466. The average Bonchev–Trinajstić information content (AvgIpc) is 3.48. The van der Waals surface area contributed by atoms with Gasteiger partial charge in [-0.05, 0) is 41.8 Å². The number of hydrogen-bond donors (Lipinski definition) is 0. The van der Waals surface area contributed by atoms with Crippen molar-refractivity contribution in [2.45, 2.75) is 25.7 Å². The lowest BCUT2D eigenvalue weighted by atomic mass is 10.1. The van der Waals surface area contributed by atoms with Gasteiger partial charge in [0.1, 0.15) is 0 Å². The van der Waals surface area contributed by atoms with Gasteiger partial charge in [-0.3, -0.25) is 4.79 Å². The van der Waals surface area contributed by atoms with Crippen LogP contribution >= 0.6 is 11.3 Å². The highest BCUT2D eigenvalue weighted by molar-refractivity contribution is 7.17. The Labute approximate surface area is 171 Å². The molecule has 1 aliphatic heterocycles. The van der Waals surface area contributed by atoms with E-state index in [9.17, 15) is 4.79 Å². The van der Waals surface area contributed by atoms with E-state index in [0.717, 1.165) is 12.0 Å². The second kappa shape index (κ2) is 7.36. The number of aryl methyl sites for hydroxylation is 1. The number of amides is 1. The Hall–Kier alpha value is -3.13. The molecule has 8 heteroatoms. The largest absolute Gasteiger partial charge is 0.342 e. The van der Waals surface area contributed by atoms with Gasteiger partial charge < -0.3 is 9.42 Å². The standard InChI is InChI=1S/C21H19N5O2S/c1-13-3-4-17-16(9-13)15(12-29-17)10-18(27)26-8-5-14(11-26)21-24-20(25-28-21)19-22-6-2-7-23-19/h2-4,6-7,9,12,14H,5,8,10-11H2,1H3/t14-/m1/s1. The van der Waals surface area contributed by atoms with Crippen molar-refractivity contribution in [1.82, 2.24) is 25.0 Å². The molecule has 0 spiro atoms. The van der Waals surface area contributed by atoms with Gasteiger partial charge in [-0.15, -0.1) is 11.3 Å². The van der Waals surface area contributed by atoms with Crippen molar-refractivity contribution in [2.24, 2.45) is 0 Å². The number of thiophene rings is 1. The summed E-state index contributed by atoms with van der Waals surface area (Å²) in [5, 5.41) is 7.27. The second-order valence-corrected chi connectivity index (χ2v) is 8.20. The summed E-state index contributed by atoms with van der Waals surface area (Å²) in [6.45, 7) is 3.37. The van der Waals surface area contributed by atoms with Crippen LogP contribution in [0, 0.1) is 6.92 Å². The Balaban J connectivity index is 1.27. The molecule has 1 amide bonds. The minimum absolute atomic E-state index is 0.0466. The van der Waals surface area contributed by atoms with E-state index < -0.39 is 0 Å². The van der Waals surface area contributed by atoms with Gasteiger partial charge in [0.2, 0.25) is 23.4 Å². The lowest BCUT2D eigenvalue weighted by Crippen LogP contribution is -2.29. The van der Waals surface area contributed by atoms with Gasteiger partial charge in [0.25, 0.3) is 0 Å². The highest BCUT2D eigenvalue weighted by Gasteiger charge is 2.31. The fourth-order valence-electron chi connectivity index (χ4n) is 3.70. The third-order valence-corrected chi connectivity index (χ3v) is 6.26. The van der Waals surface area contributed by atoms with Crippen LogP contribution in [-0.4, -0.2) is 44.0 Å². The summed E-state index contributed by atoms with van der Waals surface area (Å²) >= 11 is 1.69. The molecule has 5 rings (SSSR count). The van der Waals surface area contributed by atoms with Crippen LogP contribution in [0.1, 0.15) is 29.4 Å². The number of carbonyl (C=O) groups is 1. The highest BCUT2D eigenvalue weighted by Crippen LogP contribution is 2.30. The van der Waals surface area contributed by atoms with Gasteiger partial charge in [-0.1, -0.05) is 22.9 Å². The Morgan fingerprint density at radius 3 is 3.00 bits per heavy atom. The second-order valence-electron chi connectivity index (χ2n) is 7.29. The molecule has 4 heterocycles. The fraction of sp³-hybridized carbons (Fsp3) is 0.286. The van der Waals surface area contributed by atoms with Crippen molar-refractivity contribution in [1.29, 1.82) is 0 Å². The molecule has 0 radical (unpaired) electrons. The van der Waals surface area contributed by atoms with Crippen molar-refractivity contribution in [3.63, 3.8) is 0 Å². The van der Waals surface area contributed by atoms with Crippen LogP contribution in [0.2, 0.25) is 0 Å². The van der Waals surface area contributed by atoms with Crippen molar-refractivity contribution >= 4 is 27.3 Å². The predicted molar refractivity (Wildman–Crippen MR) is 110 cm³/mol. The quantitative estimate of drug-likeness (QED) is 0.516. The summed E-state index contributed by atoms with van der Waals surface area (Å²) in [6.07, 6.45) is 4.52. The zero-order valence-corrected chi connectivity index (χ0v) is 16.7.